The van der Waals surface area contributed by atoms with Gasteiger partial charge in [-0.1, -0.05) is 20.8 Å². The second kappa shape index (κ2) is 4.60. The second-order valence-electron chi connectivity index (χ2n) is 3.79. The van der Waals surface area contributed by atoms with Crippen LogP contribution in [0.3, 0.4) is 0 Å². The van der Waals surface area contributed by atoms with Gasteiger partial charge < -0.3 is 5.32 Å². The molecule has 66 valence electrons. The molecule has 0 rings (SSSR count). The van der Waals surface area contributed by atoms with Crippen LogP contribution in [0.4, 0.5) is 0 Å². The zero-order chi connectivity index (χ0) is 8.91. The van der Waals surface area contributed by atoms with Crippen molar-refractivity contribution < 1.29 is 4.79 Å². The summed E-state index contributed by atoms with van der Waals surface area (Å²) < 4.78 is 0. The molecule has 0 bridgehead atoms. The van der Waals surface area contributed by atoms with Gasteiger partial charge in [0.15, 0.2) is 0 Å². The lowest BCUT2D eigenvalue weighted by Gasteiger charge is -2.17. The first-order valence-corrected chi connectivity index (χ1v) is 4.32. The molecule has 0 atom stereocenters. The van der Waals surface area contributed by atoms with Gasteiger partial charge in [0.2, 0.25) is 5.91 Å². The first kappa shape index (κ1) is 10.8. The average molecular weight is 178 g/mol. The standard InChI is InChI=1S/C8H16ClNO/c1-8(2,3)4-5-10-7(11)6-9/h4-6H2,1-3H3,(H,10,11). The van der Waals surface area contributed by atoms with Crippen molar-refractivity contribution in [1.29, 1.82) is 0 Å². The summed E-state index contributed by atoms with van der Waals surface area (Å²) in [5, 5.41) is 2.72. The Balaban J connectivity index is 3.35. The Morgan fingerprint density at radius 1 is 1.45 bits per heavy atom. The summed E-state index contributed by atoms with van der Waals surface area (Å²) in [5.74, 6) is -0.0274. The van der Waals surface area contributed by atoms with E-state index in [2.05, 4.69) is 26.1 Å². The number of hydrogen-bond acceptors (Lipinski definition) is 1. The number of rotatable bonds is 3. The van der Waals surface area contributed by atoms with E-state index in [0.717, 1.165) is 13.0 Å². The molecule has 3 heteroatoms. The summed E-state index contributed by atoms with van der Waals surface area (Å²) in [6.07, 6.45) is 0.982. The van der Waals surface area contributed by atoms with E-state index in [9.17, 15) is 4.79 Å². The molecule has 0 saturated carbocycles. The minimum atomic E-state index is -0.0871. The number of amides is 1. The number of nitrogens with one attached hydrogen (secondary N) is 1. The van der Waals surface area contributed by atoms with Crippen molar-refractivity contribution in [3.63, 3.8) is 0 Å². The molecule has 11 heavy (non-hydrogen) atoms. The van der Waals surface area contributed by atoms with Crippen LogP contribution in [0.2, 0.25) is 0 Å². The molecule has 2 nitrogen and oxygen atoms in total. The molecule has 0 aliphatic rings. The normalized spacial score (nSPS) is 11.3. The molecule has 0 spiro atoms. The molecular formula is C8H16ClNO. The zero-order valence-corrected chi connectivity index (χ0v) is 8.16. The Morgan fingerprint density at radius 2 is 2.00 bits per heavy atom. The van der Waals surface area contributed by atoms with Crippen molar-refractivity contribution in [3.05, 3.63) is 0 Å². The van der Waals surface area contributed by atoms with Gasteiger partial charge in [-0.3, -0.25) is 4.79 Å². The molecular weight excluding hydrogens is 162 g/mol. The Kier molecular flexibility index (Phi) is 4.50. The van der Waals surface area contributed by atoms with Crippen LogP contribution in [0.15, 0.2) is 0 Å². The number of carbonyl (C=O) groups is 1. The van der Waals surface area contributed by atoms with Gasteiger partial charge >= 0.3 is 0 Å². The maximum absolute atomic E-state index is 10.7. The van der Waals surface area contributed by atoms with Crippen LogP contribution in [0.25, 0.3) is 0 Å². The fraction of sp³-hybridized carbons (Fsp3) is 0.875. The van der Waals surface area contributed by atoms with Crippen molar-refractivity contribution in [2.75, 3.05) is 12.4 Å². The van der Waals surface area contributed by atoms with Gasteiger partial charge in [0, 0.05) is 6.54 Å². The number of alkyl halides is 1. The third-order valence-electron chi connectivity index (χ3n) is 1.32. The molecule has 0 aromatic heterocycles. The van der Waals surface area contributed by atoms with Crippen LogP contribution in [0, 0.1) is 5.41 Å². The van der Waals surface area contributed by atoms with E-state index in [1.807, 2.05) is 0 Å². The third-order valence-corrected chi connectivity index (χ3v) is 1.56. The zero-order valence-electron chi connectivity index (χ0n) is 7.41. The van der Waals surface area contributed by atoms with Crippen molar-refractivity contribution >= 4 is 17.5 Å². The number of halogens is 1. The van der Waals surface area contributed by atoms with Gasteiger partial charge in [-0.05, 0) is 11.8 Å². The van der Waals surface area contributed by atoms with E-state index in [-0.39, 0.29) is 17.2 Å². The van der Waals surface area contributed by atoms with Gasteiger partial charge in [-0.2, -0.15) is 0 Å². The smallest absolute Gasteiger partial charge is 0.234 e. The predicted octanol–water partition coefficient (Wildman–Crippen LogP) is 1.78. The molecule has 0 radical (unpaired) electrons. The minimum absolute atomic E-state index is 0.0597. The Morgan fingerprint density at radius 3 is 2.36 bits per heavy atom. The highest BCUT2D eigenvalue weighted by molar-refractivity contribution is 6.27. The minimum Gasteiger partial charge on any atom is -0.355 e. The van der Waals surface area contributed by atoms with E-state index in [0.29, 0.717) is 0 Å². The molecule has 0 unspecified atom stereocenters. The van der Waals surface area contributed by atoms with E-state index in [1.54, 1.807) is 0 Å². The van der Waals surface area contributed by atoms with Crippen LogP contribution in [0.5, 0.6) is 0 Å². The van der Waals surface area contributed by atoms with Crippen LogP contribution >= 0.6 is 11.6 Å². The van der Waals surface area contributed by atoms with Gasteiger partial charge in [0.1, 0.15) is 5.88 Å². The van der Waals surface area contributed by atoms with Gasteiger partial charge in [-0.25, -0.2) is 0 Å². The maximum atomic E-state index is 10.7. The first-order valence-electron chi connectivity index (χ1n) is 3.78. The quantitative estimate of drug-likeness (QED) is 0.655. The molecule has 0 heterocycles. The lowest BCUT2D eigenvalue weighted by atomic mass is 9.92. The summed E-state index contributed by atoms with van der Waals surface area (Å²) in [4.78, 5) is 10.7. The molecule has 0 aromatic carbocycles. The molecule has 1 amide bonds. The fourth-order valence-corrected chi connectivity index (χ4v) is 0.719. The summed E-state index contributed by atoms with van der Waals surface area (Å²) in [6.45, 7) is 7.13. The van der Waals surface area contributed by atoms with Crippen LogP contribution < -0.4 is 5.32 Å². The van der Waals surface area contributed by atoms with Gasteiger partial charge in [-0.15, -0.1) is 11.6 Å². The number of hydrogen-bond donors (Lipinski definition) is 1. The Hall–Kier alpha value is -0.240. The van der Waals surface area contributed by atoms with E-state index < -0.39 is 0 Å². The van der Waals surface area contributed by atoms with E-state index >= 15 is 0 Å². The summed E-state index contributed by atoms with van der Waals surface area (Å²) in [7, 11) is 0. The van der Waals surface area contributed by atoms with Crippen LogP contribution in [-0.2, 0) is 4.79 Å². The SMILES string of the molecule is CC(C)(C)CCNC(=O)CCl. The molecule has 0 aliphatic carbocycles. The second-order valence-corrected chi connectivity index (χ2v) is 4.06. The van der Waals surface area contributed by atoms with Crippen molar-refractivity contribution in [3.8, 4) is 0 Å². The van der Waals surface area contributed by atoms with Crippen LogP contribution in [-0.4, -0.2) is 18.3 Å². The summed E-state index contributed by atoms with van der Waals surface area (Å²) in [5.41, 5.74) is 0.277. The van der Waals surface area contributed by atoms with Crippen LogP contribution in [0.1, 0.15) is 27.2 Å². The first-order chi connectivity index (χ1) is 4.95. The van der Waals surface area contributed by atoms with Crippen molar-refractivity contribution in [2.24, 2.45) is 5.41 Å². The monoisotopic (exact) mass is 177 g/mol. The highest BCUT2D eigenvalue weighted by Crippen LogP contribution is 2.16. The fourth-order valence-electron chi connectivity index (χ4n) is 0.624. The van der Waals surface area contributed by atoms with Crippen molar-refractivity contribution in [1.82, 2.24) is 5.32 Å². The van der Waals surface area contributed by atoms with Gasteiger partial charge in [0.25, 0.3) is 0 Å². The van der Waals surface area contributed by atoms with Gasteiger partial charge in [0.05, 0.1) is 0 Å². The lowest BCUT2D eigenvalue weighted by Crippen LogP contribution is -2.27. The molecule has 0 aromatic rings. The molecule has 1 N–H and O–H groups in total. The number of carbonyl (C=O) groups excluding carboxylic acids is 1. The largest absolute Gasteiger partial charge is 0.355 e. The van der Waals surface area contributed by atoms with Crippen molar-refractivity contribution in [2.45, 2.75) is 27.2 Å². The highest BCUT2D eigenvalue weighted by atomic mass is 35.5. The molecule has 0 saturated heterocycles. The molecule has 0 aliphatic heterocycles. The molecule has 0 fully saturated rings. The highest BCUT2D eigenvalue weighted by Gasteiger charge is 2.09. The predicted molar refractivity (Wildman–Crippen MR) is 47.8 cm³/mol. The Bertz CT molecular complexity index is 129. The van der Waals surface area contributed by atoms with E-state index in [1.165, 1.54) is 0 Å². The average Bonchev–Trinajstić information content (AvgIpc) is 1.85. The van der Waals surface area contributed by atoms with E-state index in [4.69, 9.17) is 11.6 Å². The Labute approximate surface area is 73.3 Å². The summed E-state index contributed by atoms with van der Waals surface area (Å²) >= 11 is 5.29. The third kappa shape index (κ3) is 7.66. The lowest BCUT2D eigenvalue weighted by molar-refractivity contribution is -0.118. The topological polar surface area (TPSA) is 29.1 Å². The summed E-state index contributed by atoms with van der Waals surface area (Å²) in [6, 6.07) is 0. The maximum Gasteiger partial charge on any atom is 0.234 e.